The highest BCUT2D eigenvalue weighted by Crippen LogP contribution is 2.27. The van der Waals surface area contributed by atoms with Gasteiger partial charge in [-0.15, -0.1) is 0 Å². The summed E-state index contributed by atoms with van der Waals surface area (Å²) in [6, 6.07) is 0. The molecule has 0 aromatic carbocycles. The van der Waals surface area contributed by atoms with Gasteiger partial charge in [0.1, 0.15) is 0 Å². The minimum Gasteiger partial charge on any atom is -0.372 e. The van der Waals surface area contributed by atoms with E-state index in [0.717, 1.165) is 19.4 Å². The minimum atomic E-state index is -3.07. The summed E-state index contributed by atoms with van der Waals surface area (Å²) in [5.41, 5.74) is 0. The van der Waals surface area contributed by atoms with Gasteiger partial charge < -0.3 is 10.1 Å². The maximum Gasteiger partial charge on any atom is 0.214 e. The summed E-state index contributed by atoms with van der Waals surface area (Å²) in [4.78, 5) is 0. The molecule has 0 aliphatic carbocycles. The van der Waals surface area contributed by atoms with Gasteiger partial charge in [-0.3, -0.25) is 0 Å². The van der Waals surface area contributed by atoms with Gasteiger partial charge in [0.2, 0.25) is 10.0 Å². The van der Waals surface area contributed by atoms with E-state index in [1.807, 2.05) is 7.05 Å². The van der Waals surface area contributed by atoms with E-state index >= 15 is 0 Å². The van der Waals surface area contributed by atoms with E-state index in [4.69, 9.17) is 4.74 Å². The van der Waals surface area contributed by atoms with E-state index in [2.05, 4.69) is 5.32 Å². The van der Waals surface area contributed by atoms with E-state index in [1.165, 1.54) is 0 Å². The Balaban J connectivity index is 1.91. The third-order valence-electron chi connectivity index (χ3n) is 3.23. The molecule has 0 aromatic heterocycles. The normalized spacial score (nSPS) is 30.8. The molecule has 2 bridgehead atoms. The van der Waals surface area contributed by atoms with Crippen LogP contribution < -0.4 is 5.32 Å². The molecule has 2 heterocycles. The van der Waals surface area contributed by atoms with Gasteiger partial charge in [0.15, 0.2) is 0 Å². The second kappa shape index (κ2) is 5.00. The van der Waals surface area contributed by atoms with Crippen LogP contribution in [0.1, 0.15) is 19.3 Å². The van der Waals surface area contributed by atoms with Gasteiger partial charge in [0.05, 0.1) is 18.0 Å². The molecular weight excluding hydrogens is 228 g/mol. The first-order valence-electron chi connectivity index (χ1n) is 5.89. The standard InChI is InChI=1S/C10H20N2O3S/c1-11-5-2-6-16(13,14)12-7-9-3-4-10(8-12)15-9/h9-11H,2-8H2,1H3. The number of nitrogens with one attached hydrogen (secondary N) is 1. The molecule has 5 nitrogen and oxygen atoms in total. The van der Waals surface area contributed by atoms with Gasteiger partial charge >= 0.3 is 0 Å². The highest BCUT2D eigenvalue weighted by Gasteiger charge is 2.38. The number of nitrogens with zero attached hydrogens (tertiary/aromatic N) is 1. The maximum atomic E-state index is 12.0. The second-order valence-electron chi connectivity index (χ2n) is 4.55. The van der Waals surface area contributed by atoms with Crippen LogP contribution in [0.4, 0.5) is 0 Å². The molecule has 0 saturated carbocycles. The summed E-state index contributed by atoms with van der Waals surface area (Å²) in [5.74, 6) is 0.243. The Hall–Kier alpha value is -0.170. The molecule has 2 aliphatic rings. The Bertz CT molecular complexity index is 319. The summed E-state index contributed by atoms with van der Waals surface area (Å²) in [6.07, 6.45) is 2.96. The monoisotopic (exact) mass is 248 g/mol. The Labute approximate surface area is 97.2 Å². The Morgan fingerprint density at radius 3 is 2.50 bits per heavy atom. The topological polar surface area (TPSA) is 58.6 Å². The minimum absolute atomic E-state index is 0.137. The van der Waals surface area contributed by atoms with Crippen LogP contribution in [0, 0.1) is 0 Å². The van der Waals surface area contributed by atoms with Crippen molar-refractivity contribution in [1.29, 1.82) is 0 Å². The van der Waals surface area contributed by atoms with Crippen molar-refractivity contribution in [2.45, 2.75) is 31.5 Å². The lowest BCUT2D eigenvalue weighted by Crippen LogP contribution is -2.46. The van der Waals surface area contributed by atoms with E-state index in [0.29, 0.717) is 19.5 Å². The molecule has 6 heteroatoms. The SMILES string of the molecule is CNCCCS(=O)(=O)N1CC2CCC(C1)O2. The predicted octanol–water partition coefficient (Wildman–Crippen LogP) is -0.211. The molecule has 94 valence electrons. The van der Waals surface area contributed by atoms with Crippen molar-refractivity contribution in [2.75, 3.05) is 32.4 Å². The summed E-state index contributed by atoms with van der Waals surface area (Å²) in [7, 11) is -1.23. The van der Waals surface area contributed by atoms with Crippen LogP contribution in [0.5, 0.6) is 0 Å². The molecule has 2 fully saturated rings. The number of rotatable bonds is 5. The molecular formula is C10H20N2O3S. The van der Waals surface area contributed by atoms with E-state index in [1.54, 1.807) is 4.31 Å². The average Bonchev–Trinajstić information content (AvgIpc) is 2.58. The number of morpholine rings is 1. The Morgan fingerprint density at radius 1 is 1.31 bits per heavy atom. The van der Waals surface area contributed by atoms with Gasteiger partial charge in [-0.2, -0.15) is 4.31 Å². The number of fused-ring (bicyclic) bond motifs is 2. The first kappa shape index (κ1) is 12.3. The first-order valence-corrected chi connectivity index (χ1v) is 7.50. The number of hydrogen-bond acceptors (Lipinski definition) is 4. The zero-order chi connectivity index (χ0) is 11.6. The highest BCUT2D eigenvalue weighted by atomic mass is 32.2. The maximum absolute atomic E-state index is 12.0. The highest BCUT2D eigenvalue weighted by molar-refractivity contribution is 7.89. The molecule has 2 saturated heterocycles. The van der Waals surface area contributed by atoms with Crippen LogP contribution in [0.3, 0.4) is 0 Å². The molecule has 0 amide bonds. The lowest BCUT2D eigenvalue weighted by atomic mass is 10.2. The fourth-order valence-corrected chi connectivity index (χ4v) is 3.92. The third kappa shape index (κ3) is 2.74. The van der Waals surface area contributed by atoms with Gasteiger partial charge in [0, 0.05) is 13.1 Å². The molecule has 2 atom stereocenters. The van der Waals surface area contributed by atoms with Crippen molar-refractivity contribution in [1.82, 2.24) is 9.62 Å². The molecule has 2 rings (SSSR count). The zero-order valence-corrected chi connectivity index (χ0v) is 10.5. The molecule has 16 heavy (non-hydrogen) atoms. The molecule has 2 unspecified atom stereocenters. The van der Waals surface area contributed by atoms with Crippen LogP contribution >= 0.6 is 0 Å². The largest absolute Gasteiger partial charge is 0.372 e. The van der Waals surface area contributed by atoms with Crippen LogP contribution in [0.2, 0.25) is 0 Å². The molecule has 0 radical (unpaired) electrons. The van der Waals surface area contributed by atoms with Crippen molar-refractivity contribution in [3.8, 4) is 0 Å². The molecule has 1 N–H and O–H groups in total. The smallest absolute Gasteiger partial charge is 0.214 e. The van der Waals surface area contributed by atoms with E-state index < -0.39 is 10.0 Å². The number of ether oxygens (including phenoxy) is 1. The van der Waals surface area contributed by atoms with Gasteiger partial charge in [-0.05, 0) is 32.9 Å². The van der Waals surface area contributed by atoms with Gasteiger partial charge in [-0.1, -0.05) is 0 Å². The third-order valence-corrected chi connectivity index (χ3v) is 5.12. The lowest BCUT2D eigenvalue weighted by molar-refractivity contribution is -0.0114. The number of sulfonamides is 1. The van der Waals surface area contributed by atoms with Crippen molar-refractivity contribution < 1.29 is 13.2 Å². The van der Waals surface area contributed by atoms with Crippen LogP contribution in [0.25, 0.3) is 0 Å². The average molecular weight is 248 g/mol. The summed E-state index contributed by atoms with van der Waals surface area (Å²) in [6.45, 7) is 1.85. The van der Waals surface area contributed by atoms with Crippen LogP contribution in [-0.2, 0) is 14.8 Å². The summed E-state index contributed by atoms with van der Waals surface area (Å²) < 4.78 is 31.3. The first-order chi connectivity index (χ1) is 7.62. The van der Waals surface area contributed by atoms with E-state index in [9.17, 15) is 8.42 Å². The van der Waals surface area contributed by atoms with Crippen molar-refractivity contribution in [3.05, 3.63) is 0 Å². The summed E-state index contributed by atoms with van der Waals surface area (Å²) in [5, 5.41) is 2.97. The molecule has 0 spiro atoms. The van der Waals surface area contributed by atoms with Gasteiger partial charge in [-0.25, -0.2) is 8.42 Å². The Kier molecular flexibility index (Phi) is 3.84. The van der Waals surface area contributed by atoms with Crippen LogP contribution in [-0.4, -0.2) is 57.4 Å². The van der Waals surface area contributed by atoms with Gasteiger partial charge in [0.25, 0.3) is 0 Å². The predicted molar refractivity (Wildman–Crippen MR) is 61.8 cm³/mol. The molecule has 2 aliphatic heterocycles. The number of hydrogen-bond donors (Lipinski definition) is 1. The lowest BCUT2D eigenvalue weighted by Gasteiger charge is -2.31. The molecule has 0 aromatic rings. The van der Waals surface area contributed by atoms with Crippen molar-refractivity contribution in [3.63, 3.8) is 0 Å². The zero-order valence-electron chi connectivity index (χ0n) is 9.68. The fraction of sp³-hybridized carbons (Fsp3) is 1.00. The van der Waals surface area contributed by atoms with Crippen molar-refractivity contribution in [2.24, 2.45) is 0 Å². The summed E-state index contributed by atoms with van der Waals surface area (Å²) >= 11 is 0. The van der Waals surface area contributed by atoms with Crippen molar-refractivity contribution >= 4 is 10.0 Å². The van der Waals surface area contributed by atoms with Crippen LogP contribution in [0.15, 0.2) is 0 Å². The fourth-order valence-electron chi connectivity index (χ4n) is 2.37. The van der Waals surface area contributed by atoms with E-state index in [-0.39, 0.29) is 18.0 Å². The Morgan fingerprint density at radius 2 is 1.94 bits per heavy atom. The second-order valence-corrected chi connectivity index (χ2v) is 6.64. The quantitative estimate of drug-likeness (QED) is 0.684.